The molecule has 0 atom stereocenters. The van der Waals surface area contributed by atoms with Crippen molar-refractivity contribution in [1.29, 1.82) is 10.7 Å². The van der Waals surface area contributed by atoms with Crippen LogP contribution in [0, 0.1) is 29.1 Å². The Bertz CT molecular complexity index is 2050. The third kappa shape index (κ3) is 9.63. The number of nitriles is 1. The molecule has 4 heterocycles. The second-order valence-corrected chi connectivity index (χ2v) is 12.5. The lowest BCUT2D eigenvalue weighted by Crippen LogP contribution is -2.42. The number of ketones is 1. The van der Waals surface area contributed by atoms with Gasteiger partial charge in [-0.1, -0.05) is 36.3 Å². The second kappa shape index (κ2) is 19.0. The summed E-state index contributed by atoms with van der Waals surface area (Å²) in [7, 11) is 1.45. The number of Topliss-reactive ketones (excluding diaryl/α,β-unsaturated/α-hetero) is 1. The Kier molecular flexibility index (Phi) is 13.7. The third-order valence-electron chi connectivity index (χ3n) is 8.27. The fourth-order valence-electron chi connectivity index (χ4n) is 5.66. The van der Waals surface area contributed by atoms with Gasteiger partial charge in [-0.05, 0) is 24.0 Å². The van der Waals surface area contributed by atoms with Crippen LogP contribution in [0.2, 0.25) is 0 Å². The molecule has 2 amide bonds. The number of thiazole rings is 1. The van der Waals surface area contributed by atoms with Gasteiger partial charge in [-0.2, -0.15) is 5.26 Å². The minimum Gasteiger partial charge on any atom is -0.494 e. The highest BCUT2D eigenvalue weighted by molar-refractivity contribution is 7.13. The van der Waals surface area contributed by atoms with E-state index in [1.54, 1.807) is 5.38 Å². The summed E-state index contributed by atoms with van der Waals surface area (Å²) in [5, 5.41) is 28.7. The number of carbonyl (C=O) groups is 3. The lowest BCUT2D eigenvalue weighted by molar-refractivity contribution is -0.126. The number of H-pyrrole nitrogens is 1. The molecular formula is C37H39N9O6S. The molecule has 1 fully saturated rings. The zero-order valence-corrected chi connectivity index (χ0v) is 29.9. The fraction of sp³-hybridized carbons (Fsp3) is 0.324. The molecule has 3 aromatic heterocycles. The molecule has 0 aliphatic carbocycles. The number of rotatable bonds is 16. The molecule has 0 bridgehead atoms. The highest BCUT2D eigenvalue weighted by atomic mass is 32.1. The number of hydrogen-bond donors (Lipinski definition) is 5. The van der Waals surface area contributed by atoms with Crippen LogP contribution in [-0.4, -0.2) is 110 Å². The average molecular weight is 738 g/mol. The number of benzene rings is 1. The number of terminal acetylenes is 1. The van der Waals surface area contributed by atoms with Gasteiger partial charge in [-0.15, -0.1) is 17.8 Å². The summed E-state index contributed by atoms with van der Waals surface area (Å²) in [5.74, 6) is 1.01. The Hall–Kier alpha value is -6.07. The number of amides is 2. The Balaban J connectivity index is 1.16. The standard InChI is InChI=1S/C37H39N9O6S/c1-3-16-51-18-19-52-17-13-42-37(39)41-12-11-40-34(48)28-23-53-35(45-28)32-31-30(29(50-2)22-44-32)27(21-43-31)33(47)36(49)46-14-9-25(10-15-46)26(20-38)24-7-5-4-6-8-24/h1,4-8,21-23,43H,9-19H2,2H3,(H,40,48)(H3,39,41,42). The first-order valence-electron chi connectivity index (χ1n) is 16.8. The molecule has 0 saturated carbocycles. The summed E-state index contributed by atoms with van der Waals surface area (Å²) in [6.07, 6.45) is 9.00. The van der Waals surface area contributed by atoms with Crippen LogP contribution in [0.5, 0.6) is 5.75 Å². The number of fused-ring (bicyclic) bond motifs is 1. The van der Waals surface area contributed by atoms with Gasteiger partial charge in [-0.3, -0.25) is 19.8 Å². The van der Waals surface area contributed by atoms with Crippen molar-refractivity contribution in [1.82, 2.24) is 35.8 Å². The largest absolute Gasteiger partial charge is 0.494 e. The van der Waals surface area contributed by atoms with Crippen LogP contribution in [0.4, 0.5) is 0 Å². The Morgan fingerprint density at radius 1 is 1.06 bits per heavy atom. The van der Waals surface area contributed by atoms with Crippen LogP contribution >= 0.6 is 11.3 Å². The van der Waals surface area contributed by atoms with Crippen LogP contribution in [0.25, 0.3) is 27.2 Å². The number of carbonyl (C=O) groups excluding carboxylic acids is 3. The number of methoxy groups -OCH3 is 1. The number of ether oxygens (including phenoxy) is 3. The van der Waals surface area contributed by atoms with E-state index in [1.807, 2.05) is 30.3 Å². The normalized spacial score (nSPS) is 12.4. The van der Waals surface area contributed by atoms with Crippen molar-refractivity contribution in [3.05, 3.63) is 70.5 Å². The maximum absolute atomic E-state index is 13.7. The van der Waals surface area contributed by atoms with Crippen LogP contribution in [0.3, 0.4) is 0 Å². The first-order chi connectivity index (χ1) is 25.9. The molecule has 4 aromatic rings. The summed E-state index contributed by atoms with van der Waals surface area (Å²) in [5.41, 5.74) is 3.53. The van der Waals surface area contributed by atoms with Crippen LogP contribution in [0.1, 0.15) is 39.3 Å². The van der Waals surface area contributed by atoms with Gasteiger partial charge in [0.2, 0.25) is 0 Å². The van der Waals surface area contributed by atoms with Gasteiger partial charge in [-0.25, -0.2) is 9.97 Å². The maximum Gasteiger partial charge on any atom is 0.295 e. The second-order valence-electron chi connectivity index (χ2n) is 11.6. The molecule has 5 N–H and O–H groups in total. The van der Waals surface area contributed by atoms with E-state index in [0.717, 1.165) is 11.1 Å². The zero-order chi connectivity index (χ0) is 37.6. The van der Waals surface area contributed by atoms with Crippen molar-refractivity contribution in [3.8, 4) is 34.9 Å². The highest BCUT2D eigenvalue weighted by Gasteiger charge is 2.30. The summed E-state index contributed by atoms with van der Waals surface area (Å²) >= 11 is 1.20. The number of likely N-dealkylation sites (tertiary alicyclic amines) is 1. The Labute approximate surface area is 310 Å². The first kappa shape index (κ1) is 38.2. The summed E-state index contributed by atoms with van der Waals surface area (Å²) < 4.78 is 16.0. The van der Waals surface area contributed by atoms with Crippen molar-refractivity contribution < 1.29 is 28.6 Å². The number of allylic oxidation sites excluding steroid dienone is 1. The zero-order valence-electron chi connectivity index (χ0n) is 29.1. The average Bonchev–Trinajstić information content (AvgIpc) is 3.87. The maximum atomic E-state index is 13.7. The number of guanidine groups is 1. The molecule has 0 radical (unpaired) electrons. The van der Waals surface area contributed by atoms with Gasteiger partial charge < -0.3 is 40.0 Å². The molecule has 16 heteroatoms. The van der Waals surface area contributed by atoms with Crippen LogP contribution in [0.15, 0.2) is 53.7 Å². The van der Waals surface area contributed by atoms with Crippen molar-refractivity contribution in [3.63, 3.8) is 0 Å². The molecule has 1 aliphatic heterocycles. The third-order valence-corrected chi connectivity index (χ3v) is 9.12. The number of piperidine rings is 1. The topological polar surface area (TPSA) is 207 Å². The molecule has 1 aliphatic rings. The predicted molar refractivity (Wildman–Crippen MR) is 199 cm³/mol. The number of nitrogens with one attached hydrogen (secondary N) is 5. The molecule has 53 heavy (non-hydrogen) atoms. The molecular weight excluding hydrogens is 699 g/mol. The summed E-state index contributed by atoms with van der Waals surface area (Å²) in [4.78, 5) is 53.5. The number of aromatic amines is 1. The van der Waals surface area contributed by atoms with E-state index in [2.05, 4.69) is 42.9 Å². The molecule has 0 unspecified atom stereocenters. The quantitative estimate of drug-likeness (QED) is 0.0215. The SMILES string of the molecule is C#CCOCCOCCNC(=N)NCCNC(=O)c1csc(-c2ncc(OC)c3c(C(=O)C(=O)N4CCC(=C(C#N)c5ccccc5)CC4)c[nH]c23)n1. The summed E-state index contributed by atoms with van der Waals surface area (Å²) in [6, 6.07) is 11.7. The van der Waals surface area contributed by atoms with Gasteiger partial charge in [0.1, 0.15) is 28.8 Å². The smallest absolute Gasteiger partial charge is 0.295 e. The van der Waals surface area contributed by atoms with Crippen LogP contribution < -0.4 is 20.7 Å². The van der Waals surface area contributed by atoms with E-state index >= 15 is 0 Å². The van der Waals surface area contributed by atoms with Crippen molar-refractivity contribution >= 4 is 51.4 Å². The van der Waals surface area contributed by atoms with Crippen LogP contribution in [-0.2, 0) is 14.3 Å². The lowest BCUT2D eigenvalue weighted by Gasteiger charge is -2.28. The van der Waals surface area contributed by atoms with Gasteiger partial charge in [0, 0.05) is 44.3 Å². The van der Waals surface area contributed by atoms with E-state index in [0.29, 0.717) is 91.8 Å². The number of pyridine rings is 1. The van der Waals surface area contributed by atoms with Crippen molar-refractivity contribution in [2.45, 2.75) is 12.8 Å². The van der Waals surface area contributed by atoms with E-state index < -0.39 is 17.6 Å². The van der Waals surface area contributed by atoms with Gasteiger partial charge in [0.05, 0.1) is 61.2 Å². The molecule has 1 aromatic carbocycles. The fourth-order valence-corrected chi connectivity index (χ4v) is 6.46. The van der Waals surface area contributed by atoms with Gasteiger partial charge in [0.15, 0.2) is 5.96 Å². The first-order valence-corrected chi connectivity index (χ1v) is 17.7. The van der Waals surface area contributed by atoms with Gasteiger partial charge >= 0.3 is 0 Å². The Morgan fingerprint density at radius 2 is 1.79 bits per heavy atom. The predicted octanol–water partition coefficient (Wildman–Crippen LogP) is 2.99. The van der Waals surface area contributed by atoms with E-state index in [4.69, 9.17) is 26.0 Å². The van der Waals surface area contributed by atoms with E-state index in [9.17, 15) is 19.6 Å². The molecule has 15 nitrogen and oxygen atoms in total. The highest BCUT2D eigenvalue weighted by Crippen LogP contribution is 2.36. The van der Waals surface area contributed by atoms with Crippen molar-refractivity contribution in [2.24, 2.45) is 0 Å². The number of nitrogens with zero attached hydrogens (tertiary/aromatic N) is 4. The lowest BCUT2D eigenvalue weighted by atomic mass is 9.93. The molecule has 5 rings (SSSR count). The summed E-state index contributed by atoms with van der Waals surface area (Å²) in [6.45, 7) is 3.02. The van der Waals surface area contributed by atoms with Gasteiger partial charge in [0.25, 0.3) is 17.6 Å². The van der Waals surface area contributed by atoms with E-state index in [1.165, 1.54) is 35.7 Å². The monoisotopic (exact) mass is 737 g/mol. The number of aromatic nitrogens is 3. The van der Waals surface area contributed by atoms with E-state index in [-0.39, 0.29) is 30.4 Å². The molecule has 0 spiro atoms. The molecule has 274 valence electrons. The minimum atomic E-state index is -0.700. The Morgan fingerprint density at radius 3 is 2.53 bits per heavy atom. The molecule has 1 saturated heterocycles. The number of hydrogen-bond acceptors (Lipinski definition) is 11. The van der Waals surface area contributed by atoms with Crippen molar-refractivity contribution in [2.75, 3.05) is 66.3 Å². The minimum absolute atomic E-state index is 0.0951.